The second-order valence-electron chi connectivity index (χ2n) is 5.75. The Morgan fingerprint density at radius 1 is 1.50 bits per heavy atom. The Balaban J connectivity index is 1.40. The summed E-state index contributed by atoms with van der Waals surface area (Å²) in [4.78, 5) is 15.7. The lowest BCUT2D eigenvalue weighted by Crippen LogP contribution is -2.38. The van der Waals surface area contributed by atoms with Crippen LogP contribution in [0.1, 0.15) is 33.8 Å². The van der Waals surface area contributed by atoms with Crippen LogP contribution in [0, 0.1) is 12.8 Å². The molecule has 0 unspecified atom stereocenters. The molecule has 7 heteroatoms. The van der Waals surface area contributed by atoms with Gasteiger partial charge in [0.2, 0.25) is 0 Å². The molecule has 0 atom stereocenters. The summed E-state index contributed by atoms with van der Waals surface area (Å²) in [5, 5.41) is 12.0. The van der Waals surface area contributed by atoms with Gasteiger partial charge in [-0.15, -0.1) is 11.3 Å². The molecule has 1 fully saturated rings. The van der Waals surface area contributed by atoms with Crippen LogP contribution in [-0.4, -0.2) is 40.8 Å². The first-order valence-electron chi connectivity index (χ1n) is 7.53. The normalized spacial score (nSPS) is 16.8. The molecule has 1 saturated heterocycles. The van der Waals surface area contributed by atoms with Crippen molar-refractivity contribution in [2.45, 2.75) is 26.3 Å². The van der Waals surface area contributed by atoms with Crippen LogP contribution < -0.4 is 5.32 Å². The van der Waals surface area contributed by atoms with E-state index in [4.69, 9.17) is 0 Å². The molecule has 0 aliphatic carbocycles. The first-order valence-corrected chi connectivity index (χ1v) is 8.41. The molecule has 0 spiro atoms. The molecule has 1 aliphatic heterocycles. The summed E-state index contributed by atoms with van der Waals surface area (Å²) in [7, 11) is 0. The molecule has 1 N–H and O–H groups in total. The third-order valence-corrected chi connectivity index (χ3v) is 5.20. The van der Waals surface area contributed by atoms with Crippen molar-refractivity contribution in [2.24, 2.45) is 5.92 Å². The number of nitrogens with zero attached hydrogens (tertiary/aromatic N) is 3. The van der Waals surface area contributed by atoms with E-state index in [0.29, 0.717) is 12.5 Å². The number of carbonyl (C=O) groups is 1. The van der Waals surface area contributed by atoms with Crippen LogP contribution in [0.2, 0.25) is 0 Å². The summed E-state index contributed by atoms with van der Waals surface area (Å²) < 4.78 is 4.43. The van der Waals surface area contributed by atoms with Crippen LogP contribution in [0.4, 0.5) is 0 Å². The quantitative estimate of drug-likeness (QED) is 0.913. The van der Waals surface area contributed by atoms with Gasteiger partial charge in [0.1, 0.15) is 6.20 Å². The van der Waals surface area contributed by atoms with E-state index in [1.165, 1.54) is 16.6 Å². The highest BCUT2D eigenvalue weighted by Crippen LogP contribution is 2.22. The Hall–Kier alpha value is -1.73. The first-order chi connectivity index (χ1) is 10.7. The summed E-state index contributed by atoms with van der Waals surface area (Å²) in [6, 6.07) is 2.18. The zero-order valence-electron chi connectivity index (χ0n) is 12.6. The number of carbonyl (C=O) groups excluding carboxylic acids is 1. The van der Waals surface area contributed by atoms with Crippen LogP contribution >= 0.6 is 11.3 Å². The van der Waals surface area contributed by atoms with Gasteiger partial charge in [-0.25, -0.2) is 4.63 Å². The molecule has 1 aliphatic rings. The number of thiophene rings is 1. The van der Waals surface area contributed by atoms with Gasteiger partial charge in [0.25, 0.3) is 5.91 Å². The highest BCUT2D eigenvalue weighted by Gasteiger charge is 2.21. The number of piperidine rings is 1. The van der Waals surface area contributed by atoms with Crippen LogP contribution in [0.25, 0.3) is 0 Å². The van der Waals surface area contributed by atoms with E-state index >= 15 is 0 Å². The number of aromatic nitrogens is 2. The van der Waals surface area contributed by atoms with Crippen molar-refractivity contribution < 1.29 is 9.42 Å². The lowest BCUT2D eigenvalue weighted by molar-refractivity contribution is 0.0925. The smallest absolute Gasteiger partial charge is 0.275 e. The van der Waals surface area contributed by atoms with E-state index in [1.54, 1.807) is 0 Å². The van der Waals surface area contributed by atoms with E-state index in [1.807, 2.05) is 11.3 Å². The van der Waals surface area contributed by atoms with Crippen molar-refractivity contribution >= 4 is 17.2 Å². The minimum absolute atomic E-state index is 0.210. The number of aryl methyl sites for hydroxylation is 1. The molecule has 0 bridgehead atoms. The highest BCUT2D eigenvalue weighted by molar-refractivity contribution is 7.10. The van der Waals surface area contributed by atoms with Gasteiger partial charge in [-0.2, -0.15) is 0 Å². The Kier molecular flexibility index (Phi) is 4.84. The molecule has 2 aromatic heterocycles. The maximum absolute atomic E-state index is 11.8. The van der Waals surface area contributed by atoms with Crippen molar-refractivity contribution in [2.75, 3.05) is 19.6 Å². The molecule has 0 aromatic carbocycles. The fourth-order valence-corrected chi connectivity index (χ4v) is 3.66. The van der Waals surface area contributed by atoms with E-state index in [2.05, 4.69) is 43.5 Å². The van der Waals surface area contributed by atoms with Crippen LogP contribution in [0.3, 0.4) is 0 Å². The third kappa shape index (κ3) is 3.72. The first kappa shape index (κ1) is 15.2. The molecule has 3 heterocycles. The Labute approximate surface area is 133 Å². The lowest BCUT2D eigenvalue weighted by Gasteiger charge is -2.31. The molecular formula is C15H20N4O2S. The predicted molar refractivity (Wildman–Crippen MR) is 83.7 cm³/mol. The summed E-state index contributed by atoms with van der Waals surface area (Å²) >= 11 is 1.84. The highest BCUT2D eigenvalue weighted by atomic mass is 32.1. The van der Waals surface area contributed by atoms with Gasteiger partial charge in [0.05, 0.1) is 0 Å². The largest absolute Gasteiger partial charge is 0.350 e. The Morgan fingerprint density at radius 2 is 2.32 bits per heavy atom. The van der Waals surface area contributed by atoms with Gasteiger partial charge in [-0.1, -0.05) is 5.16 Å². The lowest BCUT2D eigenvalue weighted by atomic mass is 9.96. The van der Waals surface area contributed by atoms with Crippen LogP contribution in [0.15, 0.2) is 22.3 Å². The molecule has 3 rings (SSSR count). The number of amides is 1. The zero-order chi connectivity index (χ0) is 15.4. The Morgan fingerprint density at radius 3 is 2.95 bits per heavy atom. The summed E-state index contributed by atoms with van der Waals surface area (Å²) in [6.45, 7) is 6.09. The van der Waals surface area contributed by atoms with E-state index < -0.39 is 0 Å². The fraction of sp³-hybridized carbons (Fsp3) is 0.533. The van der Waals surface area contributed by atoms with E-state index in [-0.39, 0.29) is 11.6 Å². The minimum atomic E-state index is -0.210. The number of likely N-dealkylation sites (tertiary alicyclic amines) is 1. The van der Waals surface area contributed by atoms with Gasteiger partial charge < -0.3 is 5.32 Å². The molecular weight excluding hydrogens is 300 g/mol. The summed E-state index contributed by atoms with van der Waals surface area (Å²) in [5.41, 5.74) is 1.63. The SMILES string of the molecule is Cc1ccsc1CN1CCC(CNC(=O)c2cnon2)CC1. The number of nitrogens with one attached hydrogen (secondary N) is 1. The van der Waals surface area contributed by atoms with Gasteiger partial charge in [-0.05, 0) is 60.9 Å². The molecule has 1 amide bonds. The molecule has 118 valence electrons. The fourth-order valence-electron chi connectivity index (χ4n) is 2.71. The average molecular weight is 320 g/mol. The average Bonchev–Trinajstić information content (AvgIpc) is 3.19. The number of hydrogen-bond acceptors (Lipinski definition) is 6. The maximum Gasteiger partial charge on any atom is 0.275 e. The topological polar surface area (TPSA) is 71.3 Å². The van der Waals surface area contributed by atoms with E-state index in [9.17, 15) is 4.79 Å². The maximum atomic E-state index is 11.8. The van der Waals surface area contributed by atoms with Gasteiger partial charge in [0, 0.05) is 18.0 Å². The van der Waals surface area contributed by atoms with Crippen molar-refractivity contribution in [3.8, 4) is 0 Å². The third-order valence-electron chi connectivity index (χ3n) is 4.19. The van der Waals surface area contributed by atoms with Crippen molar-refractivity contribution in [1.82, 2.24) is 20.5 Å². The van der Waals surface area contributed by atoms with Crippen molar-refractivity contribution in [3.63, 3.8) is 0 Å². The molecule has 6 nitrogen and oxygen atoms in total. The standard InChI is InChI=1S/C15H20N4O2S/c1-11-4-7-22-14(11)10-19-5-2-12(3-6-19)8-16-15(20)13-9-17-21-18-13/h4,7,9,12H,2-3,5-6,8,10H2,1H3,(H,16,20). The number of hydrogen-bond donors (Lipinski definition) is 1. The molecule has 2 aromatic rings. The second kappa shape index (κ2) is 7.02. The zero-order valence-corrected chi connectivity index (χ0v) is 13.4. The van der Waals surface area contributed by atoms with Crippen LogP contribution in [0.5, 0.6) is 0 Å². The van der Waals surface area contributed by atoms with Gasteiger partial charge in [0.15, 0.2) is 5.69 Å². The van der Waals surface area contributed by atoms with E-state index in [0.717, 1.165) is 32.5 Å². The van der Waals surface area contributed by atoms with Crippen molar-refractivity contribution in [3.05, 3.63) is 33.8 Å². The van der Waals surface area contributed by atoms with Crippen LogP contribution in [-0.2, 0) is 6.54 Å². The minimum Gasteiger partial charge on any atom is -0.350 e. The Bertz CT molecular complexity index is 603. The predicted octanol–water partition coefficient (Wildman–Crippen LogP) is 2.08. The summed E-state index contributed by atoms with van der Waals surface area (Å²) in [5.74, 6) is 0.322. The summed E-state index contributed by atoms with van der Waals surface area (Å²) in [6.07, 6.45) is 3.56. The molecule has 22 heavy (non-hydrogen) atoms. The second-order valence-corrected chi connectivity index (χ2v) is 6.75. The van der Waals surface area contributed by atoms with Crippen molar-refractivity contribution in [1.29, 1.82) is 0 Å². The van der Waals surface area contributed by atoms with Gasteiger partial charge in [-0.3, -0.25) is 9.69 Å². The number of rotatable bonds is 5. The molecule has 0 radical (unpaired) electrons. The monoisotopic (exact) mass is 320 g/mol. The molecule has 0 saturated carbocycles. The van der Waals surface area contributed by atoms with Gasteiger partial charge >= 0.3 is 0 Å².